The summed E-state index contributed by atoms with van der Waals surface area (Å²) < 4.78 is 0. The molecule has 25 heavy (non-hydrogen) atoms. The van der Waals surface area contributed by atoms with E-state index >= 15 is 0 Å². The molecular weight excluding hydrogens is 310 g/mol. The lowest BCUT2D eigenvalue weighted by Gasteiger charge is -2.32. The highest BCUT2D eigenvalue weighted by Crippen LogP contribution is 2.15. The van der Waals surface area contributed by atoms with E-state index in [1.165, 1.54) is 5.56 Å². The van der Waals surface area contributed by atoms with Crippen molar-refractivity contribution in [3.8, 4) is 0 Å². The molecular formula is C21H27N3O. The highest BCUT2D eigenvalue weighted by atomic mass is 16.1. The van der Waals surface area contributed by atoms with Crippen LogP contribution in [0.3, 0.4) is 0 Å². The van der Waals surface area contributed by atoms with Gasteiger partial charge in [0.15, 0.2) is 0 Å². The fourth-order valence-electron chi connectivity index (χ4n) is 3.38. The predicted octanol–water partition coefficient (Wildman–Crippen LogP) is 3.01. The van der Waals surface area contributed by atoms with E-state index in [1.807, 2.05) is 19.1 Å². The lowest BCUT2D eigenvalue weighted by molar-refractivity contribution is 0.0911. The molecule has 132 valence electrons. The maximum absolute atomic E-state index is 12.5. The summed E-state index contributed by atoms with van der Waals surface area (Å²) >= 11 is 0. The van der Waals surface area contributed by atoms with Crippen molar-refractivity contribution in [1.82, 2.24) is 10.2 Å². The Labute approximate surface area is 150 Å². The predicted molar refractivity (Wildman–Crippen MR) is 103 cm³/mol. The average molecular weight is 337 g/mol. The van der Waals surface area contributed by atoms with Crippen LogP contribution in [-0.2, 0) is 6.42 Å². The van der Waals surface area contributed by atoms with Gasteiger partial charge in [-0.2, -0.15) is 0 Å². The summed E-state index contributed by atoms with van der Waals surface area (Å²) in [5.74, 6) is -0.00691. The second-order valence-corrected chi connectivity index (χ2v) is 6.90. The number of hydrogen-bond donors (Lipinski definition) is 2. The van der Waals surface area contributed by atoms with Crippen LogP contribution in [0.2, 0.25) is 0 Å². The lowest BCUT2D eigenvalue weighted by atomic mass is 10.0. The molecule has 3 rings (SSSR count). The number of benzene rings is 2. The zero-order valence-corrected chi connectivity index (χ0v) is 14.9. The van der Waals surface area contributed by atoms with Gasteiger partial charge in [-0.05, 0) is 49.4 Å². The van der Waals surface area contributed by atoms with E-state index in [4.69, 9.17) is 5.73 Å². The van der Waals surface area contributed by atoms with Gasteiger partial charge in [0.25, 0.3) is 5.91 Å². The van der Waals surface area contributed by atoms with Crippen molar-refractivity contribution in [3.05, 3.63) is 65.2 Å². The molecule has 1 saturated heterocycles. The molecule has 0 saturated carbocycles. The Bertz CT molecular complexity index is 706. The summed E-state index contributed by atoms with van der Waals surface area (Å²) in [5, 5.41) is 3.18. The monoisotopic (exact) mass is 337 g/mol. The molecule has 0 radical (unpaired) electrons. The number of aryl methyl sites for hydroxylation is 1. The molecule has 0 bridgehead atoms. The number of nitrogens with one attached hydrogen (secondary N) is 1. The molecule has 0 unspecified atom stereocenters. The second kappa shape index (κ2) is 8.17. The summed E-state index contributed by atoms with van der Waals surface area (Å²) in [5.41, 5.74) is 9.48. The smallest absolute Gasteiger partial charge is 0.251 e. The van der Waals surface area contributed by atoms with Crippen molar-refractivity contribution in [2.45, 2.75) is 32.2 Å². The van der Waals surface area contributed by atoms with Crippen molar-refractivity contribution in [1.29, 1.82) is 0 Å². The fraction of sp³-hybridized carbons (Fsp3) is 0.381. The number of likely N-dealkylation sites (tertiary alicyclic amines) is 1. The summed E-state index contributed by atoms with van der Waals surface area (Å²) in [4.78, 5) is 15.0. The molecule has 0 atom stereocenters. The number of anilines is 1. The van der Waals surface area contributed by atoms with Gasteiger partial charge in [0.2, 0.25) is 0 Å². The van der Waals surface area contributed by atoms with Crippen molar-refractivity contribution >= 4 is 11.6 Å². The molecule has 1 fully saturated rings. The minimum atomic E-state index is -0.00691. The van der Waals surface area contributed by atoms with E-state index in [0.29, 0.717) is 11.3 Å². The van der Waals surface area contributed by atoms with Crippen LogP contribution in [0.15, 0.2) is 48.5 Å². The molecule has 4 heteroatoms. The minimum absolute atomic E-state index is 0.00691. The molecule has 2 aromatic rings. The van der Waals surface area contributed by atoms with Crippen LogP contribution >= 0.6 is 0 Å². The Morgan fingerprint density at radius 2 is 1.88 bits per heavy atom. The van der Waals surface area contributed by atoms with Crippen molar-refractivity contribution in [2.24, 2.45) is 0 Å². The van der Waals surface area contributed by atoms with Gasteiger partial charge in [0.05, 0.1) is 0 Å². The minimum Gasteiger partial charge on any atom is -0.399 e. The number of amides is 1. The van der Waals surface area contributed by atoms with Crippen LogP contribution < -0.4 is 11.1 Å². The maximum Gasteiger partial charge on any atom is 0.251 e. The first-order valence-electron chi connectivity index (χ1n) is 9.05. The molecule has 1 aliphatic heterocycles. The van der Waals surface area contributed by atoms with Gasteiger partial charge in [0, 0.05) is 36.9 Å². The average Bonchev–Trinajstić information content (AvgIpc) is 2.64. The first-order chi connectivity index (χ1) is 12.1. The molecule has 1 amide bonds. The topological polar surface area (TPSA) is 58.4 Å². The second-order valence-electron chi connectivity index (χ2n) is 6.90. The Morgan fingerprint density at radius 1 is 1.16 bits per heavy atom. The number of nitrogens with two attached hydrogens (primary N) is 1. The maximum atomic E-state index is 12.5. The number of rotatable bonds is 5. The number of hydrogen-bond acceptors (Lipinski definition) is 3. The quantitative estimate of drug-likeness (QED) is 0.825. The van der Waals surface area contributed by atoms with Crippen molar-refractivity contribution < 1.29 is 4.79 Å². The fourth-order valence-corrected chi connectivity index (χ4v) is 3.38. The van der Waals surface area contributed by atoms with Crippen LogP contribution in [0.5, 0.6) is 0 Å². The van der Waals surface area contributed by atoms with E-state index in [0.717, 1.165) is 44.5 Å². The Kier molecular flexibility index (Phi) is 5.71. The van der Waals surface area contributed by atoms with Crippen LogP contribution in [0.1, 0.15) is 34.3 Å². The normalized spacial score (nSPS) is 15.9. The molecule has 2 aromatic carbocycles. The number of nitrogens with zero attached hydrogens (tertiary/aromatic N) is 1. The van der Waals surface area contributed by atoms with Gasteiger partial charge in [-0.25, -0.2) is 0 Å². The first-order valence-corrected chi connectivity index (χ1v) is 9.05. The van der Waals surface area contributed by atoms with Gasteiger partial charge in [-0.3, -0.25) is 4.79 Å². The molecule has 1 aliphatic rings. The van der Waals surface area contributed by atoms with Gasteiger partial charge in [-0.15, -0.1) is 0 Å². The van der Waals surface area contributed by atoms with Gasteiger partial charge >= 0.3 is 0 Å². The van der Waals surface area contributed by atoms with E-state index in [2.05, 4.69) is 40.5 Å². The summed E-state index contributed by atoms with van der Waals surface area (Å²) in [6.45, 7) is 5.10. The largest absolute Gasteiger partial charge is 0.399 e. The van der Waals surface area contributed by atoms with Crippen LogP contribution in [0, 0.1) is 6.92 Å². The van der Waals surface area contributed by atoms with Crippen LogP contribution in [-0.4, -0.2) is 36.5 Å². The highest BCUT2D eigenvalue weighted by molar-refractivity contribution is 5.96. The van der Waals surface area contributed by atoms with Crippen molar-refractivity contribution in [2.75, 3.05) is 25.4 Å². The van der Waals surface area contributed by atoms with E-state index in [1.54, 1.807) is 6.07 Å². The van der Waals surface area contributed by atoms with Gasteiger partial charge in [0.1, 0.15) is 0 Å². The Hall–Kier alpha value is -2.33. The third-order valence-electron chi connectivity index (χ3n) is 4.99. The third-order valence-corrected chi connectivity index (χ3v) is 4.99. The third kappa shape index (κ3) is 4.83. The molecule has 3 N–H and O–H groups in total. The zero-order valence-electron chi connectivity index (χ0n) is 14.9. The Morgan fingerprint density at radius 3 is 2.60 bits per heavy atom. The molecule has 0 aliphatic carbocycles. The molecule has 1 heterocycles. The zero-order chi connectivity index (χ0) is 17.6. The van der Waals surface area contributed by atoms with E-state index < -0.39 is 0 Å². The molecule has 0 aromatic heterocycles. The summed E-state index contributed by atoms with van der Waals surface area (Å²) in [6.07, 6.45) is 3.09. The molecule has 0 spiro atoms. The van der Waals surface area contributed by atoms with Crippen molar-refractivity contribution in [3.63, 3.8) is 0 Å². The first kappa shape index (κ1) is 17.5. The van der Waals surface area contributed by atoms with Gasteiger partial charge < -0.3 is 16.0 Å². The van der Waals surface area contributed by atoms with E-state index in [9.17, 15) is 4.79 Å². The molecule has 4 nitrogen and oxygen atoms in total. The Balaban J connectivity index is 1.46. The van der Waals surface area contributed by atoms with Gasteiger partial charge in [-0.1, -0.05) is 36.4 Å². The number of carbonyl (C=O) groups excluding carboxylic acids is 1. The lowest BCUT2D eigenvalue weighted by Crippen LogP contribution is -2.45. The standard InChI is InChI=1S/C21H27N3O/c1-16-7-8-18(22)15-20(16)21(25)23-19-10-13-24(14-11-19)12-9-17-5-3-2-4-6-17/h2-8,15,19H,9-14,22H2,1H3,(H,23,25). The summed E-state index contributed by atoms with van der Waals surface area (Å²) in [7, 11) is 0. The number of carbonyl (C=O) groups is 1. The summed E-state index contributed by atoms with van der Waals surface area (Å²) in [6, 6.07) is 16.3. The van der Waals surface area contributed by atoms with Crippen LogP contribution in [0.4, 0.5) is 5.69 Å². The van der Waals surface area contributed by atoms with E-state index in [-0.39, 0.29) is 11.9 Å². The highest BCUT2D eigenvalue weighted by Gasteiger charge is 2.21. The van der Waals surface area contributed by atoms with Crippen LogP contribution in [0.25, 0.3) is 0 Å². The number of nitrogen functional groups attached to an aromatic ring is 1. The SMILES string of the molecule is Cc1ccc(N)cc1C(=O)NC1CCN(CCc2ccccc2)CC1. The number of piperidine rings is 1.